The molecule has 42 valence electrons. The van der Waals surface area contributed by atoms with Gasteiger partial charge in [0.05, 0.1) is 6.61 Å². The quantitative estimate of drug-likeness (QED) is 0.369. The Bertz CT molecular complexity index is 85.1. The minimum absolute atomic E-state index is 0. The number of carbonyl (C=O) groups is 1. The van der Waals surface area contributed by atoms with E-state index < -0.39 is 12.1 Å². The number of hydrogen-bond acceptors (Lipinski definition) is 2. The average molecular weight is 246 g/mol. The fourth-order valence-corrected chi connectivity index (χ4v) is 0.191. The van der Waals surface area contributed by atoms with Gasteiger partial charge in [-0.3, -0.25) is 0 Å². The molecule has 0 bridgehead atoms. The maximum absolute atomic E-state index is 9.64. The molecular formula is C3H4BrK2O3+. The molecule has 1 rings (SSSR count). The molecule has 1 fully saturated rings. The van der Waals surface area contributed by atoms with E-state index in [1.165, 1.54) is 0 Å². The van der Waals surface area contributed by atoms with Crippen LogP contribution in [0.1, 0.15) is 0 Å². The molecule has 0 radical (unpaired) electrons. The Morgan fingerprint density at radius 2 is 1.89 bits per heavy atom. The molecular weight excluding hydrogens is 242 g/mol. The third-order valence-corrected chi connectivity index (χ3v) is 0.609. The van der Waals surface area contributed by atoms with Gasteiger partial charge in [-0.2, -0.15) is 0 Å². The minimum Gasteiger partial charge on any atom is -1.00 e. The zero-order chi connectivity index (χ0) is 4.57. The van der Waals surface area contributed by atoms with E-state index in [2.05, 4.69) is 4.74 Å². The molecule has 1 saturated heterocycles. The van der Waals surface area contributed by atoms with Crippen LogP contribution in [0.5, 0.6) is 0 Å². The van der Waals surface area contributed by atoms with Crippen LogP contribution in [0.4, 0.5) is 0 Å². The third-order valence-electron chi connectivity index (χ3n) is 0.609. The molecule has 1 unspecified atom stereocenters. The molecule has 0 aromatic rings. The summed E-state index contributed by atoms with van der Waals surface area (Å²) in [5.41, 5.74) is 0. The van der Waals surface area contributed by atoms with Gasteiger partial charge in [-0.05, 0) is 0 Å². The van der Waals surface area contributed by atoms with Gasteiger partial charge in [0.2, 0.25) is 0 Å². The molecule has 6 heteroatoms. The van der Waals surface area contributed by atoms with Crippen molar-refractivity contribution in [2.45, 2.75) is 6.10 Å². The van der Waals surface area contributed by atoms with Gasteiger partial charge in [-0.15, -0.1) is 0 Å². The van der Waals surface area contributed by atoms with Crippen molar-refractivity contribution < 1.29 is 134 Å². The molecule has 0 saturated carbocycles. The molecule has 0 aliphatic carbocycles. The van der Waals surface area contributed by atoms with Crippen LogP contribution in [0.2, 0.25) is 0 Å². The Morgan fingerprint density at radius 3 is 1.89 bits per heavy atom. The molecule has 0 amide bonds. The predicted octanol–water partition coefficient (Wildman–Crippen LogP) is -9.52. The molecule has 1 aliphatic rings. The number of carboxylic acids is 1. The summed E-state index contributed by atoms with van der Waals surface area (Å²) in [4.78, 5) is 9.64. The molecule has 0 aromatic heterocycles. The van der Waals surface area contributed by atoms with E-state index in [1.54, 1.807) is 0 Å². The summed E-state index contributed by atoms with van der Waals surface area (Å²) in [5.74, 6) is -0.852. The van der Waals surface area contributed by atoms with Crippen molar-refractivity contribution in [3.8, 4) is 0 Å². The third kappa shape index (κ3) is 9.09. The standard InChI is InChI=1S/C3H4O3.BrH.2K/c4-3(5)2-1-6-2;;;/h2H,1H2,(H,4,5);1H;;/q;;2*+1/p-1. The Labute approximate surface area is 149 Å². The number of halogens is 1. The predicted molar refractivity (Wildman–Crippen MR) is 17.4 cm³/mol. The monoisotopic (exact) mass is 245 g/mol. The second kappa shape index (κ2) is 9.27. The molecule has 0 aromatic carbocycles. The Kier molecular flexibility index (Phi) is 18.6. The van der Waals surface area contributed by atoms with Crippen molar-refractivity contribution in [3.05, 3.63) is 0 Å². The number of ether oxygens (including phenoxy) is 1. The first-order valence-corrected chi connectivity index (χ1v) is 1.65. The van der Waals surface area contributed by atoms with E-state index in [0.717, 1.165) is 0 Å². The summed E-state index contributed by atoms with van der Waals surface area (Å²) in [6.45, 7) is 0.398. The second-order valence-electron chi connectivity index (χ2n) is 1.16. The van der Waals surface area contributed by atoms with Crippen LogP contribution in [0.15, 0.2) is 0 Å². The van der Waals surface area contributed by atoms with E-state index in [4.69, 9.17) is 5.11 Å². The van der Waals surface area contributed by atoms with E-state index >= 15 is 0 Å². The Hall–Kier alpha value is 3.18. The fourth-order valence-electron chi connectivity index (χ4n) is 0.191. The van der Waals surface area contributed by atoms with Gasteiger partial charge in [-0.1, -0.05) is 0 Å². The van der Waals surface area contributed by atoms with Crippen molar-refractivity contribution in [2.24, 2.45) is 0 Å². The van der Waals surface area contributed by atoms with Gasteiger partial charge >= 0.3 is 109 Å². The summed E-state index contributed by atoms with van der Waals surface area (Å²) < 4.78 is 4.37. The topological polar surface area (TPSA) is 49.8 Å². The van der Waals surface area contributed by atoms with E-state index in [0.29, 0.717) is 6.61 Å². The summed E-state index contributed by atoms with van der Waals surface area (Å²) in [6.07, 6.45) is -0.481. The van der Waals surface area contributed by atoms with Crippen LogP contribution < -0.4 is 120 Å². The van der Waals surface area contributed by atoms with Gasteiger partial charge in [0.15, 0.2) is 6.10 Å². The first-order valence-electron chi connectivity index (χ1n) is 1.65. The fraction of sp³-hybridized carbons (Fsp3) is 0.667. The van der Waals surface area contributed by atoms with Gasteiger partial charge in [-0.25, -0.2) is 4.79 Å². The van der Waals surface area contributed by atoms with Gasteiger partial charge in [0.25, 0.3) is 0 Å². The number of rotatable bonds is 1. The van der Waals surface area contributed by atoms with Gasteiger partial charge in [0, 0.05) is 0 Å². The summed E-state index contributed by atoms with van der Waals surface area (Å²) in [7, 11) is 0. The molecule has 1 N–H and O–H groups in total. The minimum atomic E-state index is -0.852. The van der Waals surface area contributed by atoms with Crippen LogP contribution in [0.25, 0.3) is 0 Å². The van der Waals surface area contributed by atoms with Crippen LogP contribution in [0, 0.1) is 0 Å². The molecule has 1 heterocycles. The second-order valence-corrected chi connectivity index (χ2v) is 1.16. The molecule has 9 heavy (non-hydrogen) atoms. The maximum Gasteiger partial charge on any atom is 1.00 e. The number of carboxylic acid groups (broad SMARTS) is 1. The van der Waals surface area contributed by atoms with Crippen molar-refractivity contribution in [3.63, 3.8) is 0 Å². The number of aliphatic carboxylic acids is 1. The van der Waals surface area contributed by atoms with Crippen LogP contribution in [-0.2, 0) is 9.53 Å². The first kappa shape index (κ1) is 18.1. The summed E-state index contributed by atoms with van der Waals surface area (Å²) in [6, 6.07) is 0. The zero-order valence-corrected chi connectivity index (χ0v) is 13.3. The average Bonchev–Trinajstić information content (AvgIpc) is 2.06. The van der Waals surface area contributed by atoms with Crippen molar-refractivity contribution in [2.75, 3.05) is 6.61 Å². The molecule has 3 nitrogen and oxygen atoms in total. The van der Waals surface area contributed by atoms with E-state index in [1.807, 2.05) is 0 Å². The van der Waals surface area contributed by atoms with Crippen LogP contribution in [-0.4, -0.2) is 23.8 Å². The van der Waals surface area contributed by atoms with Crippen molar-refractivity contribution in [1.82, 2.24) is 0 Å². The molecule has 0 spiro atoms. The van der Waals surface area contributed by atoms with Crippen LogP contribution >= 0.6 is 0 Å². The normalized spacial score (nSPS) is 19.8. The number of hydrogen-bond donors (Lipinski definition) is 1. The SMILES string of the molecule is O=C(O)C1CO1.[Br-].[K+].[K+]. The van der Waals surface area contributed by atoms with E-state index in [-0.39, 0.29) is 120 Å². The zero-order valence-electron chi connectivity index (χ0n) is 5.43. The van der Waals surface area contributed by atoms with Crippen molar-refractivity contribution in [1.29, 1.82) is 0 Å². The van der Waals surface area contributed by atoms with Gasteiger partial charge in [0.1, 0.15) is 0 Å². The Morgan fingerprint density at radius 1 is 1.56 bits per heavy atom. The van der Waals surface area contributed by atoms with Crippen LogP contribution in [0.3, 0.4) is 0 Å². The van der Waals surface area contributed by atoms with E-state index in [9.17, 15) is 4.79 Å². The smallest absolute Gasteiger partial charge is 1.00 e. The molecule has 1 aliphatic heterocycles. The molecule has 1 atom stereocenters. The summed E-state index contributed by atoms with van der Waals surface area (Å²) >= 11 is 0. The Balaban J connectivity index is -0.000000120. The first-order chi connectivity index (χ1) is 2.80. The largest absolute Gasteiger partial charge is 1.00 e. The number of epoxide rings is 1. The van der Waals surface area contributed by atoms with Crippen molar-refractivity contribution >= 4 is 5.97 Å². The van der Waals surface area contributed by atoms with Gasteiger partial charge < -0.3 is 26.8 Å². The summed E-state index contributed by atoms with van der Waals surface area (Å²) in [5, 5.41) is 7.93. The maximum atomic E-state index is 9.64.